The normalized spacial score (nSPS) is 18.8. The Bertz CT molecular complexity index is 601. The fourth-order valence-electron chi connectivity index (χ4n) is 1.84. The first-order chi connectivity index (χ1) is 9.52. The summed E-state index contributed by atoms with van der Waals surface area (Å²) in [5.74, 6) is -0.785. The van der Waals surface area contributed by atoms with Crippen LogP contribution < -0.4 is 16.2 Å². The molecule has 1 aromatic heterocycles. The minimum atomic E-state index is -0.639. The molecule has 1 aromatic rings. The van der Waals surface area contributed by atoms with Gasteiger partial charge < -0.3 is 10.4 Å². The molecule has 1 atom stereocenters. The second-order valence-electron chi connectivity index (χ2n) is 4.27. The average Bonchev–Trinajstić information content (AvgIpc) is 2.41. The summed E-state index contributed by atoms with van der Waals surface area (Å²) in [4.78, 5) is 34.5. The highest BCUT2D eigenvalue weighted by atomic mass is 35.5. The van der Waals surface area contributed by atoms with Gasteiger partial charge >= 0.3 is 0 Å². The van der Waals surface area contributed by atoms with Gasteiger partial charge in [-0.25, -0.2) is 4.68 Å². The Kier molecular flexibility index (Phi) is 4.35. The van der Waals surface area contributed by atoms with Gasteiger partial charge in [0.05, 0.1) is 25.0 Å². The maximum Gasteiger partial charge on any atom is 0.287 e. The molecule has 20 heavy (non-hydrogen) atoms. The molecule has 1 saturated heterocycles. The molecular formula is C11H13ClN4O4. The van der Waals surface area contributed by atoms with Crippen molar-refractivity contribution < 1.29 is 14.7 Å². The number of rotatable bonds is 4. The largest absolute Gasteiger partial charge is 0.394 e. The van der Waals surface area contributed by atoms with Crippen LogP contribution in [0.1, 0.15) is 12.8 Å². The fourth-order valence-corrected chi connectivity index (χ4v) is 2.04. The van der Waals surface area contributed by atoms with Crippen LogP contribution in [-0.4, -0.2) is 39.4 Å². The number of piperidine rings is 1. The molecule has 108 valence electrons. The first-order valence-corrected chi connectivity index (χ1v) is 6.37. The van der Waals surface area contributed by atoms with E-state index >= 15 is 0 Å². The van der Waals surface area contributed by atoms with Crippen LogP contribution in [-0.2, 0) is 16.1 Å². The van der Waals surface area contributed by atoms with E-state index in [9.17, 15) is 14.4 Å². The average molecular weight is 301 g/mol. The Balaban J connectivity index is 2.18. The van der Waals surface area contributed by atoms with Gasteiger partial charge in [0.25, 0.3) is 5.56 Å². The number of nitrogens with zero attached hydrogens (tertiary/aromatic N) is 2. The van der Waals surface area contributed by atoms with Crippen molar-refractivity contribution in [1.29, 1.82) is 0 Å². The van der Waals surface area contributed by atoms with Gasteiger partial charge in [-0.1, -0.05) is 11.6 Å². The number of hydrogen-bond acceptors (Lipinski definition) is 6. The summed E-state index contributed by atoms with van der Waals surface area (Å²) >= 11 is 5.91. The zero-order valence-corrected chi connectivity index (χ0v) is 11.2. The summed E-state index contributed by atoms with van der Waals surface area (Å²) in [7, 11) is 0. The zero-order chi connectivity index (χ0) is 14.7. The Morgan fingerprint density at radius 3 is 2.90 bits per heavy atom. The van der Waals surface area contributed by atoms with E-state index in [0.717, 1.165) is 4.68 Å². The van der Waals surface area contributed by atoms with E-state index in [2.05, 4.69) is 15.7 Å². The minimum absolute atomic E-state index is 0.0389. The van der Waals surface area contributed by atoms with Crippen LogP contribution in [0.3, 0.4) is 0 Å². The molecule has 0 bridgehead atoms. The SMILES string of the molecule is O=C1CCC(Nc2cnn(CCO)c(=O)c2Cl)C(=O)N1. The Hall–Kier alpha value is -1.93. The lowest BCUT2D eigenvalue weighted by atomic mass is 10.1. The quantitative estimate of drug-likeness (QED) is 0.622. The minimum Gasteiger partial charge on any atom is -0.394 e. The molecule has 2 rings (SSSR count). The van der Waals surface area contributed by atoms with Crippen molar-refractivity contribution in [2.45, 2.75) is 25.4 Å². The predicted molar refractivity (Wildman–Crippen MR) is 70.4 cm³/mol. The van der Waals surface area contributed by atoms with Crippen molar-refractivity contribution in [3.63, 3.8) is 0 Å². The van der Waals surface area contributed by atoms with E-state index in [1.165, 1.54) is 6.20 Å². The molecule has 1 unspecified atom stereocenters. The number of aromatic nitrogens is 2. The topological polar surface area (TPSA) is 113 Å². The Labute approximate surface area is 118 Å². The van der Waals surface area contributed by atoms with Crippen LogP contribution in [0.15, 0.2) is 11.0 Å². The lowest BCUT2D eigenvalue weighted by molar-refractivity contribution is -0.133. The second kappa shape index (κ2) is 6.02. The van der Waals surface area contributed by atoms with Gasteiger partial charge in [0.2, 0.25) is 11.8 Å². The van der Waals surface area contributed by atoms with Gasteiger partial charge in [0.15, 0.2) is 0 Å². The number of halogens is 1. The summed E-state index contributed by atoms with van der Waals surface area (Å²) in [6.45, 7) is -0.194. The Morgan fingerprint density at radius 2 is 2.25 bits per heavy atom. The number of imide groups is 1. The summed E-state index contributed by atoms with van der Waals surface area (Å²) < 4.78 is 1.03. The molecule has 1 fully saturated rings. The van der Waals surface area contributed by atoms with E-state index in [4.69, 9.17) is 16.7 Å². The third-order valence-corrected chi connectivity index (χ3v) is 3.23. The number of aliphatic hydroxyl groups is 1. The standard InChI is InChI=1S/C11H13ClN4O4/c12-9-7(5-13-16(3-4-17)11(9)20)14-6-1-2-8(18)15-10(6)19/h5-6,14,17H,1-4H2,(H,15,18,19). The van der Waals surface area contributed by atoms with Crippen molar-refractivity contribution in [3.05, 3.63) is 21.6 Å². The number of carbonyl (C=O) groups excluding carboxylic acids is 2. The molecule has 2 amide bonds. The summed E-state index contributed by atoms with van der Waals surface area (Å²) in [6.07, 6.45) is 1.85. The molecule has 3 N–H and O–H groups in total. The molecule has 0 aromatic carbocycles. The molecule has 1 aliphatic rings. The van der Waals surface area contributed by atoms with Gasteiger partial charge in [0.1, 0.15) is 11.1 Å². The third-order valence-electron chi connectivity index (χ3n) is 2.87. The molecule has 0 aliphatic carbocycles. The van der Waals surface area contributed by atoms with E-state index in [0.29, 0.717) is 6.42 Å². The van der Waals surface area contributed by atoms with Crippen LogP contribution in [0.2, 0.25) is 5.02 Å². The summed E-state index contributed by atoms with van der Waals surface area (Å²) in [6, 6.07) is -0.639. The monoisotopic (exact) mass is 300 g/mol. The van der Waals surface area contributed by atoms with Crippen molar-refractivity contribution >= 4 is 29.1 Å². The van der Waals surface area contributed by atoms with Crippen LogP contribution >= 0.6 is 11.6 Å². The maximum absolute atomic E-state index is 11.8. The Morgan fingerprint density at radius 1 is 1.50 bits per heavy atom. The molecule has 1 aliphatic heterocycles. The summed E-state index contributed by atoms with van der Waals surface area (Å²) in [5.41, 5.74) is -0.335. The van der Waals surface area contributed by atoms with Crippen molar-refractivity contribution in [1.82, 2.24) is 15.1 Å². The number of amides is 2. The maximum atomic E-state index is 11.8. The van der Waals surface area contributed by atoms with Gasteiger partial charge in [-0.3, -0.25) is 19.7 Å². The lowest BCUT2D eigenvalue weighted by Crippen LogP contribution is -2.47. The molecule has 2 heterocycles. The van der Waals surface area contributed by atoms with E-state index in [1.54, 1.807) is 0 Å². The van der Waals surface area contributed by atoms with Gasteiger partial charge in [-0.2, -0.15) is 5.10 Å². The highest BCUT2D eigenvalue weighted by Crippen LogP contribution is 2.18. The van der Waals surface area contributed by atoms with Crippen LogP contribution in [0.4, 0.5) is 5.69 Å². The fraction of sp³-hybridized carbons (Fsp3) is 0.455. The van der Waals surface area contributed by atoms with E-state index in [-0.39, 0.29) is 36.2 Å². The molecule has 9 heteroatoms. The zero-order valence-electron chi connectivity index (χ0n) is 10.4. The number of aliphatic hydroxyl groups excluding tert-OH is 1. The first kappa shape index (κ1) is 14.5. The number of anilines is 1. The van der Waals surface area contributed by atoms with Crippen LogP contribution in [0.25, 0.3) is 0 Å². The van der Waals surface area contributed by atoms with Crippen LogP contribution in [0.5, 0.6) is 0 Å². The predicted octanol–water partition coefficient (Wildman–Crippen LogP) is -0.894. The van der Waals surface area contributed by atoms with Gasteiger partial charge in [-0.05, 0) is 6.42 Å². The van der Waals surface area contributed by atoms with E-state index in [1.807, 2.05) is 0 Å². The number of hydrogen-bond donors (Lipinski definition) is 3. The molecule has 0 spiro atoms. The van der Waals surface area contributed by atoms with Crippen LogP contribution in [0, 0.1) is 0 Å². The summed E-state index contributed by atoms with van der Waals surface area (Å²) in [5, 5.41) is 17.5. The molecule has 0 saturated carbocycles. The van der Waals surface area contributed by atoms with Crippen molar-refractivity contribution in [2.24, 2.45) is 0 Å². The first-order valence-electron chi connectivity index (χ1n) is 5.99. The molecule has 0 radical (unpaired) electrons. The second-order valence-corrected chi connectivity index (χ2v) is 4.65. The van der Waals surface area contributed by atoms with Crippen molar-refractivity contribution in [2.75, 3.05) is 11.9 Å². The highest BCUT2D eigenvalue weighted by Gasteiger charge is 2.27. The molecule has 8 nitrogen and oxygen atoms in total. The number of carbonyl (C=O) groups is 2. The number of nitrogens with one attached hydrogen (secondary N) is 2. The smallest absolute Gasteiger partial charge is 0.287 e. The van der Waals surface area contributed by atoms with Crippen molar-refractivity contribution in [3.8, 4) is 0 Å². The van der Waals surface area contributed by atoms with E-state index < -0.39 is 17.5 Å². The third kappa shape index (κ3) is 2.97. The van der Waals surface area contributed by atoms with Gasteiger partial charge in [0, 0.05) is 6.42 Å². The van der Waals surface area contributed by atoms with Gasteiger partial charge in [-0.15, -0.1) is 0 Å². The lowest BCUT2D eigenvalue weighted by Gasteiger charge is -2.23. The molecular weight excluding hydrogens is 288 g/mol. The highest BCUT2D eigenvalue weighted by molar-refractivity contribution is 6.33.